The number of carbonyl (C=O) groups is 1. The summed E-state index contributed by atoms with van der Waals surface area (Å²) in [5.74, 6) is 0.0412. The number of amides is 1. The molecule has 2 fully saturated rings. The Morgan fingerprint density at radius 2 is 1.92 bits per heavy atom. The summed E-state index contributed by atoms with van der Waals surface area (Å²) in [7, 11) is 0. The molecule has 1 aromatic heterocycles. The van der Waals surface area contributed by atoms with E-state index in [1.165, 1.54) is 18.4 Å². The number of nitrogens with one attached hydrogen (secondary N) is 1. The summed E-state index contributed by atoms with van der Waals surface area (Å²) in [5, 5.41) is 7.40. The molecule has 1 atom stereocenters. The van der Waals surface area contributed by atoms with Crippen LogP contribution in [0.3, 0.4) is 0 Å². The number of likely N-dealkylation sites (tertiary alicyclic amines) is 1. The van der Waals surface area contributed by atoms with E-state index in [0.717, 1.165) is 50.2 Å². The van der Waals surface area contributed by atoms with Crippen LogP contribution in [0.25, 0.3) is 11.1 Å². The average molecular weight is 371 g/mol. The third-order valence-corrected chi connectivity index (χ3v) is 6.09. The molecule has 5 heteroatoms. The van der Waals surface area contributed by atoms with Crippen LogP contribution in [-0.4, -0.2) is 49.2 Å². The summed E-state index contributed by atoms with van der Waals surface area (Å²) in [6.45, 7) is 4.05. The molecule has 2 aromatic rings. The Labute approximate surface area is 159 Å². The van der Waals surface area contributed by atoms with Crippen LogP contribution in [-0.2, 0) is 4.74 Å². The lowest BCUT2D eigenvalue weighted by molar-refractivity contribution is 0.0613. The summed E-state index contributed by atoms with van der Waals surface area (Å²) in [4.78, 5) is 15.0. The number of hydrogen-bond acceptors (Lipinski definition) is 4. The number of ether oxygens (including phenoxy) is 1. The van der Waals surface area contributed by atoms with Gasteiger partial charge in [0.15, 0.2) is 0 Å². The van der Waals surface area contributed by atoms with Gasteiger partial charge in [0.25, 0.3) is 5.91 Å². The van der Waals surface area contributed by atoms with Crippen LogP contribution in [0, 0.1) is 0 Å². The molecule has 0 spiro atoms. The lowest BCUT2D eigenvalue weighted by atomic mass is 10.0. The third-order valence-electron chi connectivity index (χ3n) is 5.41. The first-order chi connectivity index (χ1) is 12.8. The Morgan fingerprint density at radius 1 is 1.12 bits per heavy atom. The summed E-state index contributed by atoms with van der Waals surface area (Å²) in [5.41, 5.74) is 3.11. The summed E-state index contributed by atoms with van der Waals surface area (Å²) >= 11 is 1.69. The van der Waals surface area contributed by atoms with Gasteiger partial charge < -0.3 is 15.0 Å². The van der Waals surface area contributed by atoms with Gasteiger partial charge in [-0.15, -0.1) is 0 Å². The van der Waals surface area contributed by atoms with E-state index in [-0.39, 0.29) is 11.9 Å². The number of piperidine rings is 1. The van der Waals surface area contributed by atoms with Crippen molar-refractivity contribution in [2.24, 2.45) is 0 Å². The number of carbonyl (C=O) groups excluding carboxylic acids is 1. The Bertz CT molecular complexity index is 700. The summed E-state index contributed by atoms with van der Waals surface area (Å²) in [6.07, 6.45) is 4.85. The lowest BCUT2D eigenvalue weighted by Crippen LogP contribution is -2.46. The van der Waals surface area contributed by atoms with Gasteiger partial charge in [0.05, 0.1) is 6.10 Å². The highest BCUT2D eigenvalue weighted by atomic mass is 32.1. The zero-order chi connectivity index (χ0) is 17.8. The van der Waals surface area contributed by atoms with Gasteiger partial charge in [-0.2, -0.15) is 11.3 Å². The smallest absolute Gasteiger partial charge is 0.251 e. The Morgan fingerprint density at radius 3 is 2.58 bits per heavy atom. The Hall–Kier alpha value is -1.69. The molecule has 138 valence electrons. The van der Waals surface area contributed by atoms with Crippen molar-refractivity contribution in [3.63, 3.8) is 0 Å². The molecule has 0 aliphatic carbocycles. The van der Waals surface area contributed by atoms with E-state index in [1.807, 2.05) is 24.3 Å². The van der Waals surface area contributed by atoms with E-state index in [0.29, 0.717) is 6.10 Å². The minimum absolute atomic E-state index is 0.0412. The fourth-order valence-corrected chi connectivity index (χ4v) is 4.51. The first-order valence-corrected chi connectivity index (χ1v) is 10.5. The molecule has 0 saturated carbocycles. The minimum Gasteiger partial charge on any atom is -0.377 e. The lowest BCUT2D eigenvalue weighted by Gasteiger charge is -2.33. The third kappa shape index (κ3) is 4.34. The van der Waals surface area contributed by atoms with E-state index in [2.05, 4.69) is 27.0 Å². The van der Waals surface area contributed by atoms with Gasteiger partial charge in [-0.05, 0) is 65.8 Å². The van der Waals surface area contributed by atoms with Crippen LogP contribution in [0.2, 0.25) is 0 Å². The summed E-state index contributed by atoms with van der Waals surface area (Å²) < 4.78 is 5.73. The van der Waals surface area contributed by atoms with E-state index in [1.54, 1.807) is 11.3 Å². The van der Waals surface area contributed by atoms with E-state index in [9.17, 15) is 4.79 Å². The van der Waals surface area contributed by atoms with Crippen molar-refractivity contribution in [2.45, 2.75) is 37.8 Å². The fraction of sp³-hybridized carbons (Fsp3) is 0.476. The maximum atomic E-state index is 12.5. The van der Waals surface area contributed by atoms with Gasteiger partial charge in [0, 0.05) is 37.8 Å². The van der Waals surface area contributed by atoms with Crippen LogP contribution >= 0.6 is 11.3 Å². The second-order valence-electron chi connectivity index (χ2n) is 7.27. The Balaban J connectivity index is 1.26. The van der Waals surface area contributed by atoms with Crippen LogP contribution in [0.4, 0.5) is 0 Å². The highest BCUT2D eigenvalue weighted by molar-refractivity contribution is 7.08. The molecule has 3 heterocycles. The molecule has 1 N–H and O–H groups in total. The molecule has 26 heavy (non-hydrogen) atoms. The minimum atomic E-state index is 0.0412. The highest BCUT2D eigenvalue weighted by Gasteiger charge is 2.24. The SMILES string of the molecule is O=C(NC1CCN(C[C@H]2CCCO2)CC1)c1ccc(-c2ccsc2)cc1. The normalized spacial score (nSPS) is 21.8. The second kappa shape index (κ2) is 8.33. The molecular formula is C21H26N2O2S. The van der Waals surface area contributed by atoms with Crippen molar-refractivity contribution in [2.75, 3.05) is 26.2 Å². The quantitative estimate of drug-likeness (QED) is 0.871. The summed E-state index contributed by atoms with van der Waals surface area (Å²) in [6, 6.07) is 10.3. The largest absolute Gasteiger partial charge is 0.377 e. The van der Waals surface area contributed by atoms with Crippen molar-refractivity contribution < 1.29 is 9.53 Å². The predicted molar refractivity (Wildman–Crippen MR) is 106 cm³/mol. The number of thiophene rings is 1. The monoisotopic (exact) mass is 370 g/mol. The van der Waals surface area contributed by atoms with Crippen molar-refractivity contribution in [1.29, 1.82) is 0 Å². The van der Waals surface area contributed by atoms with Crippen LogP contribution < -0.4 is 5.32 Å². The molecular weight excluding hydrogens is 344 g/mol. The Kier molecular flexibility index (Phi) is 5.68. The molecule has 2 saturated heterocycles. The standard InChI is InChI=1S/C21H26N2O2S/c24-21(17-5-3-16(4-6-17)18-9-13-26-15-18)22-19-7-10-23(11-8-19)14-20-2-1-12-25-20/h3-6,9,13,15,19-20H,1-2,7-8,10-12,14H2,(H,22,24)/t20-/m1/s1. The van der Waals surface area contributed by atoms with Crippen molar-refractivity contribution >= 4 is 17.2 Å². The first kappa shape index (κ1) is 17.7. The number of benzene rings is 1. The van der Waals surface area contributed by atoms with Crippen LogP contribution in [0.5, 0.6) is 0 Å². The zero-order valence-electron chi connectivity index (χ0n) is 15.0. The molecule has 2 aliphatic heterocycles. The molecule has 4 rings (SSSR count). The maximum absolute atomic E-state index is 12.5. The van der Waals surface area contributed by atoms with E-state index >= 15 is 0 Å². The van der Waals surface area contributed by atoms with E-state index < -0.39 is 0 Å². The topological polar surface area (TPSA) is 41.6 Å². The van der Waals surface area contributed by atoms with Crippen LogP contribution in [0.1, 0.15) is 36.0 Å². The molecule has 1 amide bonds. The van der Waals surface area contributed by atoms with E-state index in [4.69, 9.17) is 4.74 Å². The molecule has 0 bridgehead atoms. The van der Waals surface area contributed by atoms with Gasteiger partial charge >= 0.3 is 0 Å². The molecule has 0 radical (unpaired) electrons. The zero-order valence-corrected chi connectivity index (χ0v) is 15.8. The number of hydrogen-bond donors (Lipinski definition) is 1. The van der Waals surface area contributed by atoms with Crippen molar-refractivity contribution in [1.82, 2.24) is 10.2 Å². The number of nitrogens with zero attached hydrogens (tertiary/aromatic N) is 1. The second-order valence-corrected chi connectivity index (χ2v) is 8.05. The number of rotatable bonds is 5. The molecule has 2 aliphatic rings. The van der Waals surface area contributed by atoms with Gasteiger partial charge in [-0.25, -0.2) is 0 Å². The van der Waals surface area contributed by atoms with Gasteiger partial charge in [0.2, 0.25) is 0 Å². The highest BCUT2D eigenvalue weighted by Crippen LogP contribution is 2.22. The van der Waals surface area contributed by atoms with Crippen molar-refractivity contribution in [3.8, 4) is 11.1 Å². The average Bonchev–Trinajstić information content (AvgIpc) is 3.37. The van der Waals surface area contributed by atoms with Gasteiger partial charge in [-0.3, -0.25) is 4.79 Å². The molecule has 0 unspecified atom stereocenters. The predicted octanol–water partition coefficient (Wildman–Crippen LogP) is 3.79. The first-order valence-electron chi connectivity index (χ1n) is 9.55. The van der Waals surface area contributed by atoms with Gasteiger partial charge in [-0.1, -0.05) is 12.1 Å². The van der Waals surface area contributed by atoms with Gasteiger partial charge in [0.1, 0.15) is 0 Å². The van der Waals surface area contributed by atoms with Crippen molar-refractivity contribution in [3.05, 3.63) is 46.7 Å². The maximum Gasteiger partial charge on any atom is 0.251 e. The molecule has 4 nitrogen and oxygen atoms in total. The molecule has 1 aromatic carbocycles. The fourth-order valence-electron chi connectivity index (χ4n) is 3.85. The van der Waals surface area contributed by atoms with Crippen LogP contribution in [0.15, 0.2) is 41.1 Å².